The van der Waals surface area contributed by atoms with E-state index in [2.05, 4.69) is 21.0 Å². The number of aromatic nitrogens is 2. The Kier molecular flexibility index (Phi) is 3.90. The zero-order chi connectivity index (χ0) is 12.5. The maximum absolute atomic E-state index is 5.97. The molecule has 1 aromatic rings. The summed E-state index contributed by atoms with van der Waals surface area (Å²) in [5, 5.41) is 4.43. The van der Waals surface area contributed by atoms with Gasteiger partial charge in [-0.2, -0.15) is 5.10 Å². The minimum atomic E-state index is 0.0843. The first-order valence-electron chi connectivity index (χ1n) is 6.04. The molecule has 1 saturated heterocycles. The number of halogens is 1. The van der Waals surface area contributed by atoms with Crippen LogP contribution in [0, 0.1) is 12.3 Å². The van der Waals surface area contributed by atoms with Crippen LogP contribution in [0.3, 0.4) is 0 Å². The Balaban J connectivity index is 2.23. The molecule has 0 aliphatic carbocycles. The van der Waals surface area contributed by atoms with Crippen molar-refractivity contribution in [2.45, 2.75) is 26.2 Å². The molecule has 1 fully saturated rings. The van der Waals surface area contributed by atoms with E-state index in [4.69, 9.17) is 10.5 Å². The Morgan fingerprint density at radius 2 is 2.35 bits per heavy atom. The number of nitrogens with zero attached hydrogens (tertiary/aromatic N) is 2. The monoisotopic (exact) mass is 301 g/mol. The van der Waals surface area contributed by atoms with Gasteiger partial charge in [-0.3, -0.25) is 4.68 Å². The van der Waals surface area contributed by atoms with E-state index < -0.39 is 0 Å². The van der Waals surface area contributed by atoms with Crippen molar-refractivity contribution in [3.05, 3.63) is 15.9 Å². The highest BCUT2D eigenvalue weighted by Crippen LogP contribution is 2.34. The molecule has 0 aromatic carbocycles. The lowest BCUT2D eigenvalue weighted by atomic mass is 9.78. The van der Waals surface area contributed by atoms with Gasteiger partial charge in [0.1, 0.15) is 0 Å². The SMILES string of the molecule is Cc1nn(C)c(CC2(CN)CCCOC2)c1Br. The fourth-order valence-electron chi connectivity index (χ4n) is 2.51. The summed E-state index contributed by atoms with van der Waals surface area (Å²) in [7, 11) is 1.99. The molecule has 2 heterocycles. The first-order chi connectivity index (χ1) is 8.08. The smallest absolute Gasteiger partial charge is 0.0738 e. The van der Waals surface area contributed by atoms with Gasteiger partial charge in [0.05, 0.1) is 22.5 Å². The zero-order valence-electron chi connectivity index (χ0n) is 10.5. The molecule has 1 aromatic heterocycles. The second kappa shape index (κ2) is 5.08. The molecule has 0 amide bonds. The fourth-order valence-corrected chi connectivity index (χ4v) is 2.99. The molecule has 2 N–H and O–H groups in total. The molecule has 0 radical (unpaired) electrons. The summed E-state index contributed by atoms with van der Waals surface area (Å²) >= 11 is 3.62. The van der Waals surface area contributed by atoms with Crippen molar-refractivity contribution in [2.24, 2.45) is 18.2 Å². The normalized spacial score (nSPS) is 25.2. The second-order valence-corrected chi connectivity index (χ2v) is 5.80. The highest BCUT2D eigenvalue weighted by Gasteiger charge is 2.33. The zero-order valence-corrected chi connectivity index (χ0v) is 12.1. The molecule has 1 atom stereocenters. The molecule has 5 heteroatoms. The standard InChI is InChI=1S/C12H20BrN3O/c1-9-11(13)10(16(2)15-9)6-12(7-14)4-3-5-17-8-12/h3-8,14H2,1-2H3. The van der Waals surface area contributed by atoms with Crippen LogP contribution in [0.15, 0.2) is 4.47 Å². The summed E-state index contributed by atoms with van der Waals surface area (Å²) in [6.07, 6.45) is 3.17. The van der Waals surface area contributed by atoms with Crippen LogP contribution >= 0.6 is 15.9 Å². The fraction of sp³-hybridized carbons (Fsp3) is 0.750. The molecule has 4 nitrogen and oxygen atoms in total. The molecule has 17 heavy (non-hydrogen) atoms. The van der Waals surface area contributed by atoms with E-state index in [-0.39, 0.29) is 5.41 Å². The maximum atomic E-state index is 5.97. The number of ether oxygens (including phenoxy) is 1. The Morgan fingerprint density at radius 3 is 2.82 bits per heavy atom. The lowest BCUT2D eigenvalue weighted by Crippen LogP contribution is -2.41. The van der Waals surface area contributed by atoms with E-state index >= 15 is 0 Å². The summed E-state index contributed by atoms with van der Waals surface area (Å²) in [6.45, 7) is 4.32. The van der Waals surface area contributed by atoms with Crippen molar-refractivity contribution in [3.8, 4) is 0 Å². The van der Waals surface area contributed by atoms with Crippen molar-refractivity contribution in [1.29, 1.82) is 0 Å². The van der Waals surface area contributed by atoms with E-state index in [1.165, 1.54) is 5.69 Å². The van der Waals surface area contributed by atoms with Gasteiger partial charge in [-0.05, 0) is 42.1 Å². The van der Waals surface area contributed by atoms with Gasteiger partial charge in [0.2, 0.25) is 0 Å². The third-order valence-electron chi connectivity index (χ3n) is 3.64. The van der Waals surface area contributed by atoms with Crippen LogP contribution in [-0.4, -0.2) is 29.5 Å². The number of hydrogen-bond acceptors (Lipinski definition) is 3. The summed E-state index contributed by atoms with van der Waals surface area (Å²) in [4.78, 5) is 0. The third-order valence-corrected chi connectivity index (χ3v) is 4.67. The number of hydrogen-bond donors (Lipinski definition) is 1. The summed E-state index contributed by atoms with van der Waals surface area (Å²) < 4.78 is 8.67. The Labute approximate surface area is 111 Å². The largest absolute Gasteiger partial charge is 0.381 e. The molecule has 0 bridgehead atoms. The molecule has 0 saturated carbocycles. The summed E-state index contributed by atoms with van der Waals surface area (Å²) in [5.41, 5.74) is 8.31. The van der Waals surface area contributed by atoms with E-state index in [9.17, 15) is 0 Å². The summed E-state index contributed by atoms with van der Waals surface area (Å²) in [6, 6.07) is 0. The van der Waals surface area contributed by atoms with Gasteiger partial charge in [0.25, 0.3) is 0 Å². The molecule has 96 valence electrons. The Morgan fingerprint density at radius 1 is 1.59 bits per heavy atom. The molecule has 2 rings (SSSR count). The van der Waals surface area contributed by atoms with Crippen LogP contribution in [0.1, 0.15) is 24.2 Å². The highest BCUT2D eigenvalue weighted by molar-refractivity contribution is 9.10. The van der Waals surface area contributed by atoms with Crippen molar-refractivity contribution in [3.63, 3.8) is 0 Å². The average Bonchev–Trinajstić information content (AvgIpc) is 2.57. The second-order valence-electron chi connectivity index (χ2n) is 5.01. The van der Waals surface area contributed by atoms with E-state index in [0.717, 1.165) is 42.6 Å². The van der Waals surface area contributed by atoms with Crippen LogP contribution < -0.4 is 5.73 Å². The molecule has 1 aliphatic heterocycles. The van der Waals surface area contributed by atoms with Gasteiger partial charge in [0, 0.05) is 25.6 Å². The van der Waals surface area contributed by atoms with Gasteiger partial charge < -0.3 is 10.5 Å². The average molecular weight is 302 g/mol. The lowest BCUT2D eigenvalue weighted by Gasteiger charge is -2.36. The van der Waals surface area contributed by atoms with Crippen LogP contribution in [-0.2, 0) is 18.2 Å². The summed E-state index contributed by atoms with van der Waals surface area (Å²) in [5.74, 6) is 0. The van der Waals surface area contributed by atoms with Crippen molar-refractivity contribution in [1.82, 2.24) is 9.78 Å². The van der Waals surface area contributed by atoms with Gasteiger partial charge in [-0.25, -0.2) is 0 Å². The first kappa shape index (κ1) is 13.1. The molecular formula is C12H20BrN3O. The number of nitrogens with two attached hydrogens (primary N) is 1. The molecule has 1 unspecified atom stereocenters. The highest BCUT2D eigenvalue weighted by atomic mass is 79.9. The van der Waals surface area contributed by atoms with Gasteiger partial charge in [-0.1, -0.05) is 0 Å². The topological polar surface area (TPSA) is 53.1 Å². The Bertz CT molecular complexity index is 397. The molecule has 1 aliphatic rings. The number of rotatable bonds is 3. The van der Waals surface area contributed by atoms with Crippen molar-refractivity contribution < 1.29 is 4.74 Å². The third kappa shape index (κ3) is 2.56. The lowest BCUT2D eigenvalue weighted by molar-refractivity contribution is -0.00361. The Hall–Kier alpha value is -0.390. The molecular weight excluding hydrogens is 282 g/mol. The molecule has 0 spiro atoms. The predicted molar refractivity (Wildman–Crippen MR) is 70.9 cm³/mol. The van der Waals surface area contributed by atoms with E-state index in [1.807, 2.05) is 18.7 Å². The minimum absolute atomic E-state index is 0.0843. The van der Waals surface area contributed by atoms with Crippen LogP contribution in [0.4, 0.5) is 0 Å². The van der Waals surface area contributed by atoms with E-state index in [0.29, 0.717) is 6.54 Å². The predicted octanol–water partition coefficient (Wildman–Crippen LogP) is 1.79. The van der Waals surface area contributed by atoms with Gasteiger partial charge >= 0.3 is 0 Å². The van der Waals surface area contributed by atoms with Crippen molar-refractivity contribution in [2.75, 3.05) is 19.8 Å². The van der Waals surface area contributed by atoms with Gasteiger partial charge in [-0.15, -0.1) is 0 Å². The van der Waals surface area contributed by atoms with Crippen LogP contribution in [0.5, 0.6) is 0 Å². The quantitative estimate of drug-likeness (QED) is 0.926. The van der Waals surface area contributed by atoms with Gasteiger partial charge in [0.15, 0.2) is 0 Å². The van der Waals surface area contributed by atoms with Crippen LogP contribution in [0.2, 0.25) is 0 Å². The first-order valence-corrected chi connectivity index (χ1v) is 6.83. The minimum Gasteiger partial charge on any atom is -0.381 e. The maximum Gasteiger partial charge on any atom is 0.0738 e. The van der Waals surface area contributed by atoms with Crippen LogP contribution in [0.25, 0.3) is 0 Å². The van der Waals surface area contributed by atoms with E-state index in [1.54, 1.807) is 0 Å². The van der Waals surface area contributed by atoms with Crippen molar-refractivity contribution >= 4 is 15.9 Å². The number of aryl methyl sites for hydroxylation is 2.